The van der Waals surface area contributed by atoms with Gasteiger partial charge in [0.2, 0.25) is 11.8 Å². The van der Waals surface area contributed by atoms with Crippen LogP contribution in [0.3, 0.4) is 0 Å². The van der Waals surface area contributed by atoms with E-state index in [1.807, 2.05) is 27.7 Å². The Morgan fingerprint density at radius 1 is 1.03 bits per heavy atom. The van der Waals surface area contributed by atoms with Crippen molar-refractivity contribution in [1.29, 1.82) is 0 Å². The number of hydrogen-bond acceptors (Lipinski definition) is 6. The highest BCUT2D eigenvalue weighted by Crippen LogP contribution is 2.43. The van der Waals surface area contributed by atoms with Gasteiger partial charge in [0, 0.05) is 25.4 Å². The highest BCUT2D eigenvalue weighted by atomic mass is 16.6. The third-order valence-corrected chi connectivity index (χ3v) is 7.09. The van der Waals surface area contributed by atoms with Gasteiger partial charge in [-0.25, -0.2) is 0 Å². The lowest BCUT2D eigenvalue weighted by Crippen LogP contribution is -2.46. The number of esters is 2. The summed E-state index contributed by atoms with van der Waals surface area (Å²) >= 11 is 0. The van der Waals surface area contributed by atoms with E-state index in [2.05, 4.69) is 26.1 Å². The molecular weight excluding hydrogens is 460 g/mol. The Labute approximate surface area is 218 Å². The van der Waals surface area contributed by atoms with Crippen molar-refractivity contribution in [1.82, 2.24) is 10.2 Å². The van der Waals surface area contributed by atoms with Crippen LogP contribution < -0.4 is 5.32 Å². The molecule has 0 saturated carbocycles. The molecule has 208 valence electrons. The molecule has 0 aromatic rings. The van der Waals surface area contributed by atoms with Crippen molar-refractivity contribution >= 4 is 23.8 Å². The number of rotatable bonds is 13. The number of hydrogen-bond donors (Lipinski definition) is 1. The lowest BCUT2D eigenvalue weighted by molar-refractivity contribution is -0.173. The third-order valence-electron chi connectivity index (χ3n) is 7.09. The lowest BCUT2D eigenvalue weighted by Gasteiger charge is -2.40. The number of carbonyl (C=O) groups is 4. The fraction of sp³-hybridized carbons (Fsp3) is 0.857. The Balaban J connectivity index is 2.93. The fourth-order valence-electron chi connectivity index (χ4n) is 5.54. The van der Waals surface area contributed by atoms with Crippen LogP contribution in [0.2, 0.25) is 0 Å². The second kappa shape index (κ2) is 12.4. The molecule has 1 aliphatic rings. The van der Waals surface area contributed by atoms with Gasteiger partial charge < -0.3 is 19.7 Å². The zero-order valence-corrected chi connectivity index (χ0v) is 24.3. The van der Waals surface area contributed by atoms with Crippen LogP contribution in [-0.2, 0) is 28.7 Å². The monoisotopic (exact) mass is 510 g/mol. The number of carbonyl (C=O) groups excluding carboxylic acids is 4. The highest BCUT2D eigenvalue weighted by molar-refractivity contribution is 5.85. The van der Waals surface area contributed by atoms with Crippen molar-refractivity contribution in [2.24, 2.45) is 22.2 Å². The molecule has 1 fully saturated rings. The van der Waals surface area contributed by atoms with Gasteiger partial charge in [-0.1, -0.05) is 41.5 Å². The van der Waals surface area contributed by atoms with E-state index in [-0.39, 0.29) is 42.6 Å². The number of ether oxygens (including phenoxy) is 2. The van der Waals surface area contributed by atoms with Gasteiger partial charge in [0.1, 0.15) is 12.2 Å². The summed E-state index contributed by atoms with van der Waals surface area (Å²) in [6.45, 7) is 18.6. The highest BCUT2D eigenvalue weighted by Gasteiger charge is 2.47. The average molecular weight is 511 g/mol. The van der Waals surface area contributed by atoms with Gasteiger partial charge in [-0.3, -0.25) is 19.2 Å². The normalized spacial score (nSPS) is 18.7. The van der Waals surface area contributed by atoms with Gasteiger partial charge in [0.05, 0.1) is 17.9 Å². The molecule has 2 amide bonds. The van der Waals surface area contributed by atoms with Crippen LogP contribution >= 0.6 is 0 Å². The molecule has 0 spiro atoms. The molecule has 1 N–H and O–H groups in total. The van der Waals surface area contributed by atoms with Gasteiger partial charge in [0.25, 0.3) is 0 Å². The number of amides is 2. The van der Waals surface area contributed by atoms with Crippen molar-refractivity contribution in [3.8, 4) is 0 Å². The molecular formula is C28H50N2O6. The first kappa shape index (κ1) is 31.9. The predicted molar refractivity (Wildman–Crippen MR) is 140 cm³/mol. The molecule has 1 aliphatic heterocycles. The van der Waals surface area contributed by atoms with E-state index in [1.165, 1.54) is 0 Å². The van der Waals surface area contributed by atoms with E-state index in [1.54, 1.807) is 25.8 Å². The number of likely N-dealkylation sites (tertiary alicyclic amines) is 1. The lowest BCUT2D eigenvalue weighted by atomic mass is 9.67. The Hall–Kier alpha value is -2.12. The van der Waals surface area contributed by atoms with Gasteiger partial charge in [-0.15, -0.1) is 0 Å². The Bertz CT molecular complexity index is 802. The van der Waals surface area contributed by atoms with Crippen LogP contribution in [0.1, 0.15) is 101 Å². The Kier molecular flexibility index (Phi) is 11.0. The molecule has 0 bridgehead atoms. The van der Waals surface area contributed by atoms with Crippen LogP contribution in [0.15, 0.2) is 0 Å². The minimum Gasteiger partial charge on any atom is -0.464 e. The summed E-state index contributed by atoms with van der Waals surface area (Å²) < 4.78 is 11.4. The standard InChI is InChI=1S/C28H50N2O6/c1-11-27(8,24(34)36-26(6,7)18-25(3,4)5)19-28(9,23(33)29-10)17-20(2)22(32)35-16-15-30-14-12-13-21(30)31/h20H,11-19H2,1-10H3,(H,29,33). The first-order chi connectivity index (χ1) is 16.4. The Morgan fingerprint density at radius 2 is 1.64 bits per heavy atom. The van der Waals surface area contributed by atoms with E-state index < -0.39 is 28.3 Å². The molecule has 0 aromatic carbocycles. The molecule has 0 aliphatic carbocycles. The Morgan fingerprint density at radius 3 is 2.11 bits per heavy atom. The van der Waals surface area contributed by atoms with Gasteiger partial charge in [0.15, 0.2) is 0 Å². The SMILES string of the molecule is CCC(C)(CC(C)(CC(C)C(=O)OCCN1CCCC1=O)C(=O)NC)C(=O)OC(C)(C)CC(C)(C)C. The molecule has 8 heteroatoms. The summed E-state index contributed by atoms with van der Waals surface area (Å²) in [7, 11) is 1.56. The van der Waals surface area contributed by atoms with Crippen LogP contribution in [0, 0.1) is 22.2 Å². The molecule has 0 aromatic heterocycles. The smallest absolute Gasteiger partial charge is 0.312 e. The minimum atomic E-state index is -0.990. The molecule has 1 heterocycles. The first-order valence-electron chi connectivity index (χ1n) is 13.3. The summed E-state index contributed by atoms with van der Waals surface area (Å²) in [6, 6.07) is 0. The van der Waals surface area contributed by atoms with E-state index in [0.717, 1.165) is 6.42 Å². The zero-order chi connectivity index (χ0) is 27.9. The first-order valence-corrected chi connectivity index (χ1v) is 13.3. The topological polar surface area (TPSA) is 102 Å². The average Bonchev–Trinajstić information content (AvgIpc) is 3.15. The quantitative estimate of drug-likeness (QED) is 0.366. The van der Waals surface area contributed by atoms with Crippen molar-refractivity contribution in [2.75, 3.05) is 26.7 Å². The maximum atomic E-state index is 13.4. The second-order valence-corrected chi connectivity index (χ2v) is 12.9. The summed E-state index contributed by atoms with van der Waals surface area (Å²) in [5.74, 6) is -1.45. The summed E-state index contributed by atoms with van der Waals surface area (Å²) in [4.78, 5) is 52.6. The van der Waals surface area contributed by atoms with Gasteiger partial charge in [-0.2, -0.15) is 0 Å². The summed E-state index contributed by atoms with van der Waals surface area (Å²) in [5.41, 5.74) is -2.56. The fourth-order valence-corrected chi connectivity index (χ4v) is 5.54. The van der Waals surface area contributed by atoms with E-state index >= 15 is 0 Å². The summed E-state index contributed by atoms with van der Waals surface area (Å²) in [5, 5.41) is 2.71. The largest absolute Gasteiger partial charge is 0.464 e. The molecule has 3 atom stereocenters. The van der Waals surface area contributed by atoms with Crippen molar-refractivity contribution in [3.05, 3.63) is 0 Å². The molecule has 36 heavy (non-hydrogen) atoms. The van der Waals surface area contributed by atoms with Crippen molar-refractivity contribution < 1.29 is 28.7 Å². The molecule has 3 unspecified atom stereocenters. The van der Waals surface area contributed by atoms with Crippen LogP contribution in [0.25, 0.3) is 0 Å². The van der Waals surface area contributed by atoms with Crippen molar-refractivity contribution in [3.63, 3.8) is 0 Å². The maximum Gasteiger partial charge on any atom is 0.312 e. The van der Waals surface area contributed by atoms with Gasteiger partial charge >= 0.3 is 11.9 Å². The predicted octanol–water partition coefficient (Wildman–Crippen LogP) is 4.49. The summed E-state index contributed by atoms with van der Waals surface area (Å²) in [6.07, 6.45) is 3.03. The van der Waals surface area contributed by atoms with Crippen LogP contribution in [-0.4, -0.2) is 61.0 Å². The van der Waals surface area contributed by atoms with Crippen molar-refractivity contribution in [2.45, 2.75) is 106 Å². The second-order valence-electron chi connectivity index (χ2n) is 12.9. The van der Waals surface area contributed by atoms with E-state index in [4.69, 9.17) is 9.47 Å². The maximum absolute atomic E-state index is 13.4. The molecule has 0 radical (unpaired) electrons. The molecule has 8 nitrogen and oxygen atoms in total. The number of nitrogens with one attached hydrogen (secondary N) is 1. The molecule has 1 rings (SSSR count). The van der Waals surface area contributed by atoms with Gasteiger partial charge in [-0.05, 0) is 58.3 Å². The third kappa shape index (κ3) is 9.40. The zero-order valence-electron chi connectivity index (χ0n) is 24.3. The molecule has 1 saturated heterocycles. The van der Waals surface area contributed by atoms with Crippen LogP contribution in [0.5, 0.6) is 0 Å². The number of nitrogens with zero attached hydrogens (tertiary/aromatic N) is 1. The van der Waals surface area contributed by atoms with E-state index in [0.29, 0.717) is 32.4 Å². The van der Waals surface area contributed by atoms with E-state index in [9.17, 15) is 19.2 Å². The minimum absolute atomic E-state index is 0.0130. The van der Waals surface area contributed by atoms with Crippen LogP contribution in [0.4, 0.5) is 0 Å².